The third kappa shape index (κ3) is 4.74. The van der Waals surface area contributed by atoms with Gasteiger partial charge in [-0.25, -0.2) is 9.97 Å². The summed E-state index contributed by atoms with van der Waals surface area (Å²) in [5.41, 5.74) is 3.01. The molecule has 0 saturated carbocycles. The van der Waals surface area contributed by atoms with E-state index in [1.165, 1.54) is 24.1 Å². The van der Waals surface area contributed by atoms with Gasteiger partial charge in [-0.3, -0.25) is 9.59 Å². The topological polar surface area (TPSA) is 92.7 Å². The van der Waals surface area contributed by atoms with Crippen molar-refractivity contribution in [2.75, 3.05) is 4.72 Å². The van der Waals surface area contributed by atoms with Crippen LogP contribution in [0.2, 0.25) is 0 Å². The third-order valence-electron chi connectivity index (χ3n) is 5.49. The largest absolute Gasteiger partial charge is 0.324 e. The number of anilines is 1. The molecule has 8 heteroatoms. The standard InChI is InChI=1S/C27H23N5O2S/c1-17(2)32-16-19(13-14-23(32)34)25-24(18-9-5-3-6-10-18)30-27-26(29-25)21(33)15-22(28-27)31-35-20-11-7-4-8-12-20/h3-17H,1-2H3,(H2,28,30,31,33). The Balaban J connectivity index is 1.66. The van der Waals surface area contributed by atoms with Crippen LogP contribution in [-0.2, 0) is 0 Å². The maximum atomic E-state index is 13.0. The number of pyridine rings is 2. The van der Waals surface area contributed by atoms with E-state index in [4.69, 9.17) is 9.97 Å². The van der Waals surface area contributed by atoms with Gasteiger partial charge in [0.25, 0.3) is 5.56 Å². The first kappa shape index (κ1) is 22.6. The van der Waals surface area contributed by atoms with Gasteiger partial charge in [0, 0.05) is 40.4 Å². The maximum absolute atomic E-state index is 13.0. The van der Waals surface area contributed by atoms with Gasteiger partial charge in [-0.15, -0.1) is 0 Å². The predicted molar refractivity (Wildman–Crippen MR) is 142 cm³/mol. The highest BCUT2D eigenvalue weighted by atomic mass is 32.2. The smallest absolute Gasteiger partial charge is 0.250 e. The summed E-state index contributed by atoms with van der Waals surface area (Å²) in [4.78, 5) is 39.2. The van der Waals surface area contributed by atoms with Crippen LogP contribution in [0.4, 0.5) is 5.82 Å². The second kappa shape index (κ2) is 9.60. The number of hydrogen-bond acceptors (Lipinski definition) is 6. The molecule has 0 aliphatic carbocycles. The molecule has 0 fully saturated rings. The first-order chi connectivity index (χ1) is 17.0. The normalized spacial score (nSPS) is 11.2. The van der Waals surface area contributed by atoms with Gasteiger partial charge in [0.1, 0.15) is 5.82 Å². The molecule has 0 aliphatic rings. The molecule has 0 aliphatic heterocycles. The Morgan fingerprint density at radius 1 is 0.857 bits per heavy atom. The number of aromatic nitrogens is 4. The highest BCUT2D eigenvalue weighted by molar-refractivity contribution is 8.00. The summed E-state index contributed by atoms with van der Waals surface area (Å²) >= 11 is 1.40. The van der Waals surface area contributed by atoms with Crippen LogP contribution >= 0.6 is 11.9 Å². The number of nitrogens with one attached hydrogen (secondary N) is 2. The van der Waals surface area contributed by atoms with E-state index in [2.05, 4.69) is 9.71 Å². The monoisotopic (exact) mass is 481 g/mol. The number of rotatable bonds is 6. The van der Waals surface area contributed by atoms with E-state index < -0.39 is 0 Å². The van der Waals surface area contributed by atoms with Crippen molar-refractivity contribution < 1.29 is 0 Å². The highest BCUT2D eigenvalue weighted by Crippen LogP contribution is 2.30. The Hall–Kier alpha value is -4.17. The summed E-state index contributed by atoms with van der Waals surface area (Å²) in [6, 6.07) is 24.2. The molecule has 0 radical (unpaired) electrons. The van der Waals surface area contributed by atoms with E-state index in [1.54, 1.807) is 16.8 Å². The van der Waals surface area contributed by atoms with E-state index in [1.807, 2.05) is 74.5 Å². The minimum absolute atomic E-state index is 0.0183. The molecule has 0 saturated heterocycles. The van der Waals surface area contributed by atoms with E-state index in [9.17, 15) is 9.59 Å². The molecule has 2 aromatic carbocycles. The second-order valence-corrected chi connectivity index (χ2v) is 9.19. The van der Waals surface area contributed by atoms with Crippen molar-refractivity contribution in [2.24, 2.45) is 0 Å². The zero-order valence-corrected chi connectivity index (χ0v) is 20.0. The van der Waals surface area contributed by atoms with Crippen LogP contribution in [0, 0.1) is 0 Å². The van der Waals surface area contributed by atoms with Crippen LogP contribution in [0.5, 0.6) is 0 Å². The summed E-state index contributed by atoms with van der Waals surface area (Å²) in [6.07, 6.45) is 1.77. The zero-order valence-electron chi connectivity index (χ0n) is 19.2. The van der Waals surface area contributed by atoms with Crippen LogP contribution in [0.3, 0.4) is 0 Å². The lowest BCUT2D eigenvalue weighted by molar-refractivity contribution is 0.579. The Labute approximate surface area is 206 Å². The van der Waals surface area contributed by atoms with E-state index in [0.29, 0.717) is 28.4 Å². The molecule has 0 amide bonds. The molecule has 0 bridgehead atoms. The van der Waals surface area contributed by atoms with Gasteiger partial charge < -0.3 is 14.3 Å². The molecule has 0 spiro atoms. The van der Waals surface area contributed by atoms with Crippen molar-refractivity contribution in [1.82, 2.24) is 19.5 Å². The molecule has 3 heterocycles. The summed E-state index contributed by atoms with van der Waals surface area (Å²) in [6.45, 7) is 3.89. The zero-order chi connectivity index (χ0) is 24.4. The fourth-order valence-corrected chi connectivity index (χ4v) is 4.39. The van der Waals surface area contributed by atoms with Gasteiger partial charge in [0.2, 0.25) is 5.43 Å². The molecular formula is C27H23N5O2S. The number of benzene rings is 2. The fraction of sp³-hybridized carbons (Fsp3) is 0.111. The Bertz CT molecular complexity index is 1610. The number of H-pyrrole nitrogens is 1. The number of aromatic amines is 1. The average molecular weight is 482 g/mol. The molecule has 3 aromatic heterocycles. The number of hydrogen-bond donors (Lipinski definition) is 2. The van der Waals surface area contributed by atoms with Crippen LogP contribution in [0.1, 0.15) is 19.9 Å². The second-order valence-electron chi connectivity index (χ2n) is 8.31. The van der Waals surface area contributed by atoms with Crippen molar-refractivity contribution in [3.8, 4) is 22.5 Å². The first-order valence-electron chi connectivity index (χ1n) is 11.2. The summed E-state index contributed by atoms with van der Waals surface area (Å²) in [5.74, 6) is 0.533. The van der Waals surface area contributed by atoms with E-state index >= 15 is 0 Å². The lowest BCUT2D eigenvalue weighted by atomic mass is 10.0. The number of fused-ring (bicyclic) bond motifs is 1. The van der Waals surface area contributed by atoms with Crippen LogP contribution in [0.15, 0.2) is 99.5 Å². The Morgan fingerprint density at radius 2 is 1.54 bits per heavy atom. The van der Waals surface area contributed by atoms with Crippen molar-refractivity contribution >= 4 is 28.9 Å². The molecule has 0 unspecified atom stereocenters. The third-order valence-corrected chi connectivity index (χ3v) is 6.32. The first-order valence-corrected chi connectivity index (χ1v) is 12.0. The fourth-order valence-electron chi connectivity index (χ4n) is 3.76. The molecule has 0 atom stereocenters. The van der Waals surface area contributed by atoms with Crippen LogP contribution < -0.4 is 15.7 Å². The van der Waals surface area contributed by atoms with Gasteiger partial charge in [-0.2, -0.15) is 0 Å². The minimum Gasteiger partial charge on any atom is -0.324 e. The molecular weight excluding hydrogens is 458 g/mol. The van der Waals surface area contributed by atoms with Crippen molar-refractivity contribution in [1.29, 1.82) is 0 Å². The van der Waals surface area contributed by atoms with Crippen molar-refractivity contribution in [3.05, 3.63) is 106 Å². The van der Waals surface area contributed by atoms with Crippen molar-refractivity contribution in [3.63, 3.8) is 0 Å². The van der Waals surface area contributed by atoms with Gasteiger partial charge in [-0.05, 0) is 44.0 Å². The van der Waals surface area contributed by atoms with Crippen LogP contribution in [-0.4, -0.2) is 19.5 Å². The van der Waals surface area contributed by atoms with Gasteiger partial charge in [0.15, 0.2) is 11.2 Å². The molecule has 7 nitrogen and oxygen atoms in total. The SMILES string of the molecule is CC(C)n1cc(-c2nc3c(=O)cc(NSc4ccccc4)[nH]c3nc2-c2ccccc2)ccc1=O. The lowest BCUT2D eigenvalue weighted by Crippen LogP contribution is -2.20. The van der Waals surface area contributed by atoms with Gasteiger partial charge >= 0.3 is 0 Å². The minimum atomic E-state index is -0.250. The Morgan fingerprint density at radius 3 is 2.26 bits per heavy atom. The Kier molecular flexibility index (Phi) is 6.20. The summed E-state index contributed by atoms with van der Waals surface area (Å²) in [5, 5.41) is 0. The molecule has 35 heavy (non-hydrogen) atoms. The van der Waals surface area contributed by atoms with Crippen LogP contribution in [0.25, 0.3) is 33.7 Å². The van der Waals surface area contributed by atoms with E-state index in [0.717, 1.165) is 10.5 Å². The lowest BCUT2D eigenvalue weighted by Gasteiger charge is -2.14. The van der Waals surface area contributed by atoms with Gasteiger partial charge in [0.05, 0.1) is 11.4 Å². The predicted octanol–water partition coefficient (Wildman–Crippen LogP) is 5.51. The maximum Gasteiger partial charge on any atom is 0.250 e. The molecule has 2 N–H and O–H groups in total. The van der Waals surface area contributed by atoms with Crippen molar-refractivity contribution in [2.45, 2.75) is 24.8 Å². The van der Waals surface area contributed by atoms with Gasteiger partial charge in [-0.1, -0.05) is 48.5 Å². The summed E-state index contributed by atoms with van der Waals surface area (Å²) in [7, 11) is 0. The average Bonchev–Trinajstić information content (AvgIpc) is 2.88. The highest BCUT2D eigenvalue weighted by Gasteiger charge is 2.17. The molecule has 5 aromatic rings. The molecule has 5 rings (SSSR count). The summed E-state index contributed by atoms with van der Waals surface area (Å²) < 4.78 is 4.83. The molecule has 174 valence electrons. The quantitative estimate of drug-likeness (QED) is 0.311. The number of nitrogens with zero attached hydrogens (tertiary/aromatic N) is 3. The van der Waals surface area contributed by atoms with E-state index in [-0.39, 0.29) is 22.5 Å².